The van der Waals surface area contributed by atoms with E-state index >= 15 is 0 Å². The smallest absolute Gasteiger partial charge is 0.252 e. The number of nitrogens with one attached hydrogen (secondary N) is 2. The van der Waals surface area contributed by atoms with E-state index in [-0.39, 0.29) is 5.91 Å². The molecule has 0 aliphatic rings. The first-order chi connectivity index (χ1) is 16.1. The molecule has 0 fully saturated rings. The molecule has 6 heteroatoms. The van der Waals surface area contributed by atoms with Crippen molar-refractivity contribution >= 4 is 28.3 Å². The molecule has 2 N–H and O–H groups in total. The van der Waals surface area contributed by atoms with Crippen molar-refractivity contribution in [3.05, 3.63) is 96.1 Å². The number of methoxy groups -OCH3 is 1. The number of aromatic nitrogens is 1. The molecule has 1 amide bonds. The first-order valence-electron chi connectivity index (χ1n) is 10.9. The lowest BCUT2D eigenvalue weighted by Gasteiger charge is -2.17. The highest BCUT2D eigenvalue weighted by atomic mass is 16.5. The van der Waals surface area contributed by atoms with Gasteiger partial charge in [-0.15, -0.1) is 0 Å². The monoisotopic (exact) mass is 440 g/mol. The van der Waals surface area contributed by atoms with Crippen LogP contribution in [-0.2, 0) is 6.54 Å². The Bertz CT molecular complexity index is 1230. The molecule has 0 radical (unpaired) electrons. The number of anilines is 2. The lowest BCUT2D eigenvalue weighted by molar-refractivity contribution is 0.0951. The average molecular weight is 441 g/mol. The van der Waals surface area contributed by atoms with Gasteiger partial charge in [0, 0.05) is 25.0 Å². The molecule has 0 aliphatic heterocycles. The summed E-state index contributed by atoms with van der Waals surface area (Å²) in [6.07, 6.45) is 0. The summed E-state index contributed by atoms with van der Waals surface area (Å²) in [6, 6.07) is 27.4. The van der Waals surface area contributed by atoms with Gasteiger partial charge in [-0.25, -0.2) is 4.98 Å². The predicted octanol–water partition coefficient (Wildman–Crippen LogP) is 4.85. The summed E-state index contributed by atoms with van der Waals surface area (Å²) >= 11 is 0. The summed E-state index contributed by atoms with van der Waals surface area (Å²) in [4.78, 5) is 20.0. The molecule has 0 aliphatic carbocycles. The Morgan fingerprint density at radius 2 is 1.70 bits per heavy atom. The fraction of sp³-hybridized carbons (Fsp3) is 0.185. The van der Waals surface area contributed by atoms with Gasteiger partial charge in [0.1, 0.15) is 11.6 Å². The largest absolute Gasteiger partial charge is 0.495 e. The fourth-order valence-electron chi connectivity index (χ4n) is 3.74. The average Bonchev–Trinajstić information content (AvgIpc) is 2.84. The molecule has 4 rings (SSSR count). The minimum atomic E-state index is -0.121. The number of hydrogen-bond donors (Lipinski definition) is 2. The van der Waals surface area contributed by atoms with Crippen LogP contribution in [0.3, 0.4) is 0 Å². The van der Waals surface area contributed by atoms with E-state index in [0.717, 1.165) is 29.7 Å². The zero-order chi connectivity index (χ0) is 23.0. The zero-order valence-electron chi connectivity index (χ0n) is 18.9. The van der Waals surface area contributed by atoms with Gasteiger partial charge in [0.15, 0.2) is 0 Å². The molecule has 0 atom stereocenters. The second kappa shape index (κ2) is 10.6. The van der Waals surface area contributed by atoms with Crippen LogP contribution in [0, 0.1) is 0 Å². The highest BCUT2D eigenvalue weighted by Gasteiger charge is 2.14. The Hall–Kier alpha value is -3.90. The van der Waals surface area contributed by atoms with E-state index < -0.39 is 0 Å². The van der Waals surface area contributed by atoms with Crippen LogP contribution < -0.4 is 15.4 Å². The summed E-state index contributed by atoms with van der Waals surface area (Å²) in [6.45, 7) is 2.13. The summed E-state index contributed by atoms with van der Waals surface area (Å²) < 4.78 is 5.43. The van der Waals surface area contributed by atoms with E-state index in [1.54, 1.807) is 13.2 Å². The molecule has 3 aromatic carbocycles. The van der Waals surface area contributed by atoms with Crippen molar-refractivity contribution in [3.63, 3.8) is 0 Å². The first-order valence-corrected chi connectivity index (χ1v) is 10.9. The molecular weight excluding hydrogens is 412 g/mol. The van der Waals surface area contributed by atoms with Crippen molar-refractivity contribution in [2.24, 2.45) is 0 Å². The molecule has 0 unspecified atom stereocenters. The number of amides is 1. The lowest BCUT2D eigenvalue weighted by Crippen LogP contribution is -2.33. The molecule has 0 spiro atoms. The van der Waals surface area contributed by atoms with E-state index in [9.17, 15) is 4.79 Å². The summed E-state index contributed by atoms with van der Waals surface area (Å²) in [5.74, 6) is 1.18. The number of para-hydroxylation sites is 3. The van der Waals surface area contributed by atoms with Crippen molar-refractivity contribution in [2.45, 2.75) is 6.54 Å². The van der Waals surface area contributed by atoms with Crippen LogP contribution in [-0.4, -0.2) is 43.0 Å². The number of ether oxygens (including phenoxy) is 1. The minimum absolute atomic E-state index is 0.121. The van der Waals surface area contributed by atoms with Gasteiger partial charge >= 0.3 is 0 Å². The molecule has 0 saturated carbocycles. The molecule has 168 valence electrons. The fourth-order valence-corrected chi connectivity index (χ4v) is 3.74. The van der Waals surface area contributed by atoms with E-state index in [0.29, 0.717) is 23.7 Å². The van der Waals surface area contributed by atoms with Crippen molar-refractivity contribution in [3.8, 4) is 5.75 Å². The molecule has 0 saturated heterocycles. The second-order valence-corrected chi connectivity index (χ2v) is 7.88. The molecule has 1 aromatic heterocycles. The Balaban J connectivity index is 1.48. The Morgan fingerprint density at radius 1 is 0.970 bits per heavy atom. The number of nitrogens with zero attached hydrogens (tertiary/aromatic N) is 2. The van der Waals surface area contributed by atoms with Crippen LogP contribution >= 0.6 is 0 Å². The van der Waals surface area contributed by atoms with Gasteiger partial charge in [-0.1, -0.05) is 60.7 Å². The van der Waals surface area contributed by atoms with Crippen LogP contribution in [0.2, 0.25) is 0 Å². The highest BCUT2D eigenvalue weighted by Crippen LogP contribution is 2.28. The second-order valence-electron chi connectivity index (χ2n) is 7.88. The van der Waals surface area contributed by atoms with E-state index in [1.165, 1.54) is 5.56 Å². The van der Waals surface area contributed by atoms with Gasteiger partial charge in [0.2, 0.25) is 0 Å². The number of likely N-dealkylation sites (N-methyl/N-ethyl adjacent to an activating group) is 1. The minimum Gasteiger partial charge on any atom is -0.495 e. The normalized spacial score (nSPS) is 10.9. The topological polar surface area (TPSA) is 66.5 Å². The number of hydrogen-bond acceptors (Lipinski definition) is 5. The van der Waals surface area contributed by atoms with E-state index in [1.807, 2.05) is 66.7 Å². The Morgan fingerprint density at radius 3 is 2.52 bits per heavy atom. The van der Waals surface area contributed by atoms with Gasteiger partial charge in [-0.2, -0.15) is 0 Å². The van der Waals surface area contributed by atoms with E-state index in [4.69, 9.17) is 4.74 Å². The molecule has 6 nitrogen and oxygen atoms in total. The van der Waals surface area contributed by atoms with Crippen LogP contribution in [0.4, 0.5) is 11.5 Å². The van der Waals surface area contributed by atoms with Gasteiger partial charge < -0.3 is 20.3 Å². The number of rotatable bonds is 9. The quantitative estimate of drug-likeness (QED) is 0.390. The highest BCUT2D eigenvalue weighted by molar-refractivity contribution is 6.07. The van der Waals surface area contributed by atoms with Crippen LogP contribution in [0.15, 0.2) is 84.9 Å². The number of benzene rings is 3. The third kappa shape index (κ3) is 5.67. The maximum absolute atomic E-state index is 13.1. The van der Waals surface area contributed by atoms with Crippen molar-refractivity contribution in [1.82, 2.24) is 15.2 Å². The first kappa shape index (κ1) is 22.3. The standard InChI is InChI=1S/C27H28N4O2/c1-31(19-20-10-4-3-5-11-20)17-16-28-27(32)22-18-26(29-23-13-7-6-12-21(22)23)30-24-14-8-9-15-25(24)33-2/h3-15,18H,16-17,19H2,1-2H3,(H,28,32)(H,29,30). The molecular formula is C27H28N4O2. The number of carbonyl (C=O) groups is 1. The van der Waals surface area contributed by atoms with Gasteiger partial charge in [-0.3, -0.25) is 4.79 Å². The Kier molecular flexibility index (Phi) is 7.17. The van der Waals surface area contributed by atoms with Gasteiger partial charge in [0.25, 0.3) is 5.91 Å². The lowest BCUT2D eigenvalue weighted by atomic mass is 10.1. The van der Waals surface area contributed by atoms with Crippen LogP contribution in [0.5, 0.6) is 5.75 Å². The number of pyridine rings is 1. The van der Waals surface area contributed by atoms with Crippen LogP contribution in [0.1, 0.15) is 15.9 Å². The van der Waals surface area contributed by atoms with Gasteiger partial charge in [0.05, 0.1) is 23.9 Å². The maximum Gasteiger partial charge on any atom is 0.252 e. The molecule has 1 heterocycles. The summed E-state index contributed by atoms with van der Waals surface area (Å²) in [5, 5.41) is 7.17. The third-order valence-electron chi connectivity index (χ3n) is 5.40. The molecule has 33 heavy (non-hydrogen) atoms. The van der Waals surface area contributed by atoms with Crippen molar-refractivity contribution in [1.29, 1.82) is 0 Å². The third-order valence-corrected chi connectivity index (χ3v) is 5.40. The van der Waals surface area contributed by atoms with E-state index in [2.05, 4.69) is 39.7 Å². The summed E-state index contributed by atoms with van der Waals surface area (Å²) in [5.41, 5.74) is 3.38. The zero-order valence-corrected chi connectivity index (χ0v) is 18.9. The Labute approximate surface area is 194 Å². The number of carbonyl (C=O) groups excluding carboxylic acids is 1. The summed E-state index contributed by atoms with van der Waals surface area (Å²) in [7, 11) is 3.68. The maximum atomic E-state index is 13.1. The van der Waals surface area contributed by atoms with Crippen LogP contribution in [0.25, 0.3) is 10.9 Å². The SMILES string of the molecule is COc1ccccc1Nc1cc(C(=O)NCCN(C)Cc2ccccc2)c2ccccc2n1. The molecule has 0 bridgehead atoms. The van der Waals surface area contributed by atoms with Gasteiger partial charge in [-0.05, 0) is 36.9 Å². The predicted molar refractivity (Wildman–Crippen MR) is 133 cm³/mol. The number of fused-ring (bicyclic) bond motifs is 1. The molecule has 4 aromatic rings. The van der Waals surface area contributed by atoms with Crippen molar-refractivity contribution < 1.29 is 9.53 Å². The van der Waals surface area contributed by atoms with Crippen molar-refractivity contribution in [2.75, 3.05) is 32.6 Å².